The Kier molecular flexibility index (Phi) is 2.39. The van der Waals surface area contributed by atoms with Crippen LogP contribution in [0.4, 0.5) is 0 Å². The van der Waals surface area contributed by atoms with E-state index in [9.17, 15) is 15.2 Å². The SMILES string of the molecule is O=C(O)CC=[N+]([O-])[O-]. The Bertz CT molecular complexity index is 114. The van der Waals surface area contributed by atoms with Gasteiger partial charge in [-0.3, -0.25) is 4.79 Å². The summed E-state index contributed by atoms with van der Waals surface area (Å²) in [5, 5.41) is 26.6. The van der Waals surface area contributed by atoms with Crippen LogP contribution in [0.25, 0.3) is 0 Å². The van der Waals surface area contributed by atoms with Crippen molar-refractivity contribution < 1.29 is 14.8 Å². The average Bonchev–Trinajstić information content (AvgIpc) is 1.61. The third kappa shape index (κ3) is 4.74. The maximum absolute atomic E-state index is 9.57. The molecule has 0 unspecified atom stereocenters. The number of hydrogen-bond acceptors (Lipinski definition) is 3. The molecule has 0 rings (SSSR count). The molecule has 0 amide bonds. The highest BCUT2D eigenvalue weighted by molar-refractivity contribution is 5.82. The van der Waals surface area contributed by atoms with Gasteiger partial charge in [-0.15, -0.1) is 0 Å². The first-order chi connectivity index (χ1) is 3.63. The number of aliphatic carboxylic acids is 1. The number of carboxylic acid groups (broad SMARTS) is 1. The van der Waals surface area contributed by atoms with Crippen LogP contribution in [0.3, 0.4) is 0 Å². The van der Waals surface area contributed by atoms with Crippen molar-refractivity contribution in [1.29, 1.82) is 0 Å². The maximum atomic E-state index is 9.57. The van der Waals surface area contributed by atoms with E-state index in [2.05, 4.69) is 0 Å². The van der Waals surface area contributed by atoms with Crippen LogP contribution >= 0.6 is 0 Å². The van der Waals surface area contributed by atoms with Gasteiger partial charge in [0.05, 0.1) is 0 Å². The smallest absolute Gasteiger partial charge is 0.313 e. The van der Waals surface area contributed by atoms with E-state index in [-0.39, 0.29) is 0 Å². The molecule has 5 nitrogen and oxygen atoms in total. The zero-order valence-corrected chi connectivity index (χ0v) is 3.90. The molecule has 0 spiro atoms. The number of rotatable bonds is 2. The van der Waals surface area contributed by atoms with Crippen LogP contribution in [0, 0.1) is 10.4 Å². The van der Waals surface area contributed by atoms with Crippen molar-refractivity contribution in [3.05, 3.63) is 10.4 Å². The van der Waals surface area contributed by atoms with Crippen molar-refractivity contribution in [2.75, 3.05) is 0 Å². The lowest BCUT2D eigenvalue weighted by Crippen LogP contribution is -2.00. The summed E-state index contributed by atoms with van der Waals surface area (Å²) in [4.78, 5) is 8.78. The van der Waals surface area contributed by atoms with E-state index in [0.717, 1.165) is 0 Å². The molecule has 5 heteroatoms. The molecular weight excluding hydrogens is 114 g/mol. The normalized spacial score (nSPS) is 8.00. The van der Waals surface area contributed by atoms with Crippen LogP contribution in [0.1, 0.15) is 6.42 Å². The Labute approximate surface area is 45.0 Å². The van der Waals surface area contributed by atoms with E-state index in [4.69, 9.17) is 5.11 Å². The van der Waals surface area contributed by atoms with Crippen LogP contribution < -0.4 is 0 Å². The number of carbonyl (C=O) groups is 1. The molecule has 0 aromatic heterocycles. The lowest BCUT2D eigenvalue weighted by Gasteiger charge is -1.99. The van der Waals surface area contributed by atoms with Crippen LogP contribution in [-0.2, 0) is 4.79 Å². The van der Waals surface area contributed by atoms with Gasteiger partial charge in [-0.05, 0) is 0 Å². The molecule has 1 N–H and O–H groups in total. The van der Waals surface area contributed by atoms with Gasteiger partial charge in [0.2, 0.25) is 0 Å². The maximum Gasteiger partial charge on any atom is 0.313 e. The van der Waals surface area contributed by atoms with E-state index < -0.39 is 17.3 Å². The minimum absolute atomic E-state index is 0.488. The molecule has 0 saturated carbocycles. The average molecular weight is 118 g/mol. The Morgan fingerprint density at radius 1 is 1.75 bits per heavy atom. The second kappa shape index (κ2) is 2.84. The Hall–Kier alpha value is -1.26. The molecule has 0 aromatic rings. The quantitative estimate of drug-likeness (QED) is 0.302. The van der Waals surface area contributed by atoms with Crippen molar-refractivity contribution in [1.82, 2.24) is 0 Å². The lowest BCUT2D eigenvalue weighted by atomic mass is 10.5. The highest BCUT2D eigenvalue weighted by Crippen LogP contribution is 1.70. The highest BCUT2D eigenvalue weighted by Gasteiger charge is 1.92. The molecule has 0 saturated heterocycles. The third-order valence-electron chi connectivity index (χ3n) is 0.415. The van der Waals surface area contributed by atoms with Crippen LogP contribution in [0.15, 0.2) is 0 Å². The summed E-state index contributed by atoms with van der Waals surface area (Å²) in [5.41, 5.74) is 0. The van der Waals surface area contributed by atoms with E-state index in [1.54, 1.807) is 0 Å². The van der Waals surface area contributed by atoms with Crippen LogP contribution in [0.2, 0.25) is 0 Å². The predicted molar refractivity (Wildman–Crippen MR) is 25.3 cm³/mol. The molecule has 0 aliphatic carbocycles. The van der Waals surface area contributed by atoms with Gasteiger partial charge in [0.25, 0.3) is 0 Å². The Morgan fingerprint density at radius 2 is 2.25 bits per heavy atom. The summed E-state index contributed by atoms with van der Waals surface area (Å²) >= 11 is 0. The van der Waals surface area contributed by atoms with E-state index in [1.807, 2.05) is 0 Å². The van der Waals surface area contributed by atoms with E-state index in [0.29, 0.717) is 6.21 Å². The van der Waals surface area contributed by atoms with Gasteiger partial charge in [-0.2, -0.15) is 4.90 Å². The van der Waals surface area contributed by atoms with Gasteiger partial charge < -0.3 is 15.5 Å². The number of hydrogen-bond donors (Lipinski definition) is 1. The van der Waals surface area contributed by atoms with Crippen LogP contribution in [0.5, 0.6) is 0 Å². The zero-order valence-electron chi connectivity index (χ0n) is 3.90. The monoisotopic (exact) mass is 118 g/mol. The minimum atomic E-state index is -1.19. The fourth-order valence-corrected chi connectivity index (χ4v) is 0.153. The van der Waals surface area contributed by atoms with E-state index in [1.165, 1.54) is 0 Å². The van der Waals surface area contributed by atoms with E-state index >= 15 is 0 Å². The summed E-state index contributed by atoms with van der Waals surface area (Å²) in [6, 6.07) is 0. The fraction of sp³-hybridized carbons (Fsp3) is 0.333. The van der Waals surface area contributed by atoms with Gasteiger partial charge >= 0.3 is 5.97 Å². The minimum Gasteiger partial charge on any atom is -0.613 e. The molecule has 8 heavy (non-hydrogen) atoms. The van der Waals surface area contributed by atoms with Gasteiger partial charge in [0, 0.05) is 0 Å². The molecule has 0 aromatic carbocycles. The zero-order chi connectivity index (χ0) is 6.57. The first-order valence-electron chi connectivity index (χ1n) is 1.81. The highest BCUT2D eigenvalue weighted by atomic mass is 16.8. The summed E-state index contributed by atoms with van der Waals surface area (Å²) in [6.45, 7) is 0. The summed E-state index contributed by atoms with van der Waals surface area (Å²) in [6.07, 6.45) is -0.0324. The fourth-order valence-electron chi connectivity index (χ4n) is 0.153. The molecule has 0 heterocycles. The molecule has 0 atom stereocenters. The van der Waals surface area contributed by atoms with Gasteiger partial charge in [0.15, 0.2) is 6.21 Å². The van der Waals surface area contributed by atoms with Gasteiger partial charge in [-0.25, -0.2) is 0 Å². The number of carboxylic acids is 1. The van der Waals surface area contributed by atoms with Gasteiger partial charge in [0.1, 0.15) is 6.42 Å². The Balaban J connectivity index is 3.45. The molecule has 0 aliphatic rings. The molecule has 0 bridgehead atoms. The summed E-state index contributed by atoms with van der Waals surface area (Å²) in [5.74, 6) is -1.19. The van der Waals surface area contributed by atoms with Gasteiger partial charge in [-0.1, -0.05) is 0 Å². The van der Waals surface area contributed by atoms with Crippen molar-refractivity contribution in [3.63, 3.8) is 0 Å². The molecule has 0 radical (unpaired) electrons. The standard InChI is InChI=1S/C3H4NO4/c5-3(6)1-2-4(7)8/h2H,1H2,(H-,5,6,7,8)/q-1. The first kappa shape index (κ1) is 6.74. The number of nitrogens with zero attached hydrogens (tertiary/aromatic N) is 1. The molecule has 0 aliphatic heterocycles. The third-order valence-corrected chi connectivity index (χ3v) is 0.415. The second-order valence-electron chi connectivity index (χ2n) is 1.07. The summed E-state index contributed by atoms with van der Waals surface area (Å²) < 4.78 is 0. The van der Waals surface area contributed by atoms with Crippen molar-refractivity contribution in [2.45, 2.75) is 6.42 Å². The largest absolute Gasteiger partial charge is 0.613 e. The Morgan fingerprint density at radius 3 is 2.38 bits per heavy atom. The van der Waals surface area contributed by atoms with Crippen molar-refractivity contribution in [2.24, 2.45) is 0 Å². The molecule has 0 fully saturated rings. The molecule has 46 valence electrons. The topological polar surface area (TPSA) is 86.4 Å². The predicted octanol–water partition coefficient (Wildman–Crippen LogP) is -0.460. The second-order valence-corrected chi connectivity index (χ2v) is 1.07. The van der Waals surface area contributed by atoms with Crippen molar-refractivity contribution in [3.8, 4) is 0 Å². The lowest BCUT2D eigenvalue weighted by molar-refractivity contribution is -0.374. The first-order valence-corrected chi connectivity index (χ1v) is 1.81. The summed E-state index contributed by atoms with van der Waals surface area (Å²) in [7, 11) is 0. The van der Waals surface area contributed by atoms with Crippen molar-refractivity contribution >= 4 is 12.2 Å². The van der Waals surface area contributed by atoms with Crippen LogP contribution in [-0.4, -0.2) is 22.2 Å². The molecular formula is C3H4NO4-.